The van der Waals surface area contributed by atoms with E-state index in [0.29, 0.717) is 15.7 Å². The molecule has 0 aliphatic carbocycles. The quantitative estimate of drug-likeness (QED) is 0.373. The Morgan fingerprint density at radius 2 is 1.54 bits per heavy atom. The van der Waals surface area contributed by atoms with Crippen LogP contribution in [0.3, 0.4) is 0 Å². The first kappa shape index (κ1) is 20.5. The molecule has 0 bridgehead atoms. The van der Waals surface area contributed by atoms with Crippen molar-refractivity contribution in [2.75, 3.05) is 5.32 Å². The summed E-state index contributed by atoms with van der Waals surface area (Å²) in [5.41, 5.74) is 0.975. The Balaban J connectivity index is 1.81. The predicted octanol–water partition coefficient (Wildman–Crippen LogP) is -0.839. The third kappa shape index (κ3) is 4.41. The van der Waals surface area contributed by atoms with Gasteiger partial charge in [-0.05, 0) is 0 Å². The van der Waals surface area contributed by atoms with Crippen LogP contribution in [-0.2, 0) is 9.53 Å². The summed E-state index contributed by atoms with van der Waals surface area (Å²) in [4.78, 5) is 23.9. The van der Waals surface area contributed by atoms with Gasteiger partial charge in [0.2, 0.25) is 0 Å². The summed E-state index contributed by atoms with van der Waals surface area (Å²) in [7, 11) is 0. The zero-order valence-corrected chi connectivity index (χ0v) is 16.2. The van der Waals surface area contributed by atoms with Gasteiger partial charge in [0.15, 0.2) is 0 Å². The summed E-state index contributed by atoms with van der Waals surface area (Å²) in [6, 6.07) is 15.6. The third-order valence-corrected chi connectivity index (χ3v) is 6.80. The Morgan fingerprint density at radius 3 is 2.21 bits per heavy atom. The van der Waals surface area contributed by atoms with E-state index in [4.69, 9.17) is 9.84 Å². The van der Waals surface area contributed by atoms with E-state index < -0.39 is 50.3 Å². The molecule has 5 N–H and O–H groups in total. The van der Waals surface area contributed by atoms with Gasteiger partial charge in [-0.15, -0.1) is 0 Å². The number of hydrogen-bond donors (Lipinski definition) is 5. The first-order chi connectivity index (χ1) is 13.4. The molecule has 1 aliphatic rings. The Bertz CT molecular complexity index is 847. The number of rotatable bonds is 5. The fraction of sp³-hybridized carbons (Fsp3) is 0.263. The topological polar surface area (TPSA) is 136 Å². The van der Waals surface area contributed by atoms with Crippen molar-refractivity contribution in [3.8, 4) is 0 Å². The van der Waals surface area contributed by atoms with Gasteiger partial charge in [0, 0.05) is 0 Å². The van der Waals surface area contributed by atoms with Gasteiger partial charge in [0.1, 0.15) is 0 Å². The molecule has 9 heteroatoms. The van der Waals surface area contributed by atoms with Crippen LogP contribution in [-0.4, -0.2) is 76.7 Å². The van der Waals surface area contributed by atoms with Crippen molar-refractivity contribution in [2.24, 2.45) is 0 Å². The van der Waals surface area contributed by atoms with E-state index >= 15 is 0 Å². The number of ether oxygens (including phenoxy) is 1. The average molecular weight is 452 g/mol. The Hall–Kier alpha value is -2.26. The van der Waals surface area contributed by atoms with E-state index in [1.165, 1.54) is 0 Å². The van der Waals surface area contributed by atoms with E-state index in [-0.39, 0.29) is 5.91 Å². The number of benzene rings is 2. The molecule has 0 unspecified atom stereocenters. The second-order valence-corrected chi connectivity index (χ2v) is 8.56. The van der Waals surface area contributed by atoms with Crippen LogP contribution in [0.1, 0.15) is 10.4 Å². The van der Waals surface area contributed by atoms with Crippen LogP contribution < -0.4 is 9.78 Å². The molecule has 28 heavy (non-hydrogen) atoms. The zero-order chi connectivity index (χ0) is 20.3. The zero-order valence-electron chi connectivity index (χ0n) is 14.5. The molecule has 1 amide bonds. The molecule has 3 rings (SSSR count). The van der Waals surface area contributed by atoms with E-state index in [0.717, 1.165) is 0 Å². The number of carboxylic acid groups (broad SMARTS) is 1. The minimum absolute atomic E-state index is 0.356. The molecule has 0 aromatic heterocycles. The molecule has 1 fully saturated rings. The van der Waals surface area contributed by atoms with Gasteiger partial charge < -0.3 is 0 Å². The number of aliphatic carboxylic acids is 1. The van der Waals surface area contributed by atoms with Crippen molar-refractivity contribution < 1.29 is 34.8 Å². The number of anilines is 1. The second-order valence-electron chi connectivity index (χ2n) is 6.17. The van der Waals surface area contributed by atoms with Gasteiger partial charge in [-0.2, -0.15) is 0 Å². The molecule has 0 saturated carbocycles. The molecule has 8 nitrogen and oxygen atoms in total. The molecule has 148 valence electrons. The van der Waals surface area contributed by atoms with Crippen LogP contribution in [0, 0.1) is 0 Å². The first-order valence-corrected chi connectivity index (χ1v) is 10.3. The van der Waals surface area contributed by atoms with Crippen molar-refractivity contribution in [3.05, 3.63) is 60.2 Å². The molecule has 0 spiro atoms. The van der Waals surface area contributed by atoms with Crippen molar-refractivity contribution in [1.29, 1.82) is 0 Å². The number of carboxylic acids is 1. The Kier molecular flexibility index (Phi) is 6.46. The van der Waals surface area contributed by atoms with Crippen LogP contribution in [0.25, 0.3) is 0 Å². The molecular weight excluding hydrogens is 433 g/mol. The van der Waals surface area contributed by atoms with Crippen molar-refractivity contribution >= 4 is 37.0 Å². The van der Waals surface area contributed by atoms with Gasteiger partial charge in [0.05, 0.1) is 0 Å². The van der Waals surface area contributed by atoms with E-state index in [2.05, 4.69) is 5.32 Å². The minimum atomic E-state index is -1.74. The number of nitrogens with one attached hydrogen (secondary N) is 1. The summed E-state index contributed by atoms with van der Waals surface area (Å²) in [6.07, 6.45) is -6.53. The van der Waals surface area contributed by atoms with Crippen molar-refractivity contribution in [3.63, 3.8) is 0 Å². The van der Waals surface area contributed by atoms with Gasteiger partial charge in [-0.25, -0.2) is 0 Å². The van der Waals surface area contributed by atoms with Crippen molar-refractivity contribution in [1.82, 2.24) is 0 Å². The molecular formula is C19H19NO7Se. The second kappa shape index (κ2) is 8.83. The fourth-order valence-corrected chi connectivity index (χ4v) is 5.21. The number of hydrogen-bond acceptors (Lipinski definition) is 6. The number of aliphatic hydroxyl groups excluding tert-OH is 3. The van der Waals surface area contributed by atoms with Crippen LogP contribution in [0.5, 0.6) is 0 Å². The van der Waals surface area contributed by atoms with E-state index in [9.17, 15) is 24.9 Å². The van der Waals surface area contributed by atoms with Crippen LogP contribution in [0.2, 0.25) is 0 Å². The van der Waals surface area contributed by atoms with Crippen LogP contribution >= 0.6 is 0 Å². The number of carbonyl (C=O) groups excluding carboxylic acids is 1. The SMILES string of the molecule is O=C(Nc1ccccc1)c1ccccc1[Se][C@@H]1O[C@H](C(=O)O)[C@@H](O)[C@H](O)[C@H]1O. The molecule has 1 saturated heterocycles. The molecule has 1 aliphatic heterocycles. The molecule has 0 radical (unpaired) electrons. The number of para-hydroxylation sites is 1. The van der Waals surface area contributed by atoms with Crippen molar-refractivity contribution in [2.45, 2.75) is 29.4 Å². The van der Waals surface area contributed by atoms with Gasteiger partial charge in [-0.3, -0.25) is 0 Å². The Morgan fingerprint density at radius 1 is 0.893 bits per heavy atom. The van der Waals surface area contributed by atoms with Gasteiger partial charge in [-0.1, -0.05) is 0 Å². The molecule has 5 atom stereocenters. The third-order valence-electron chi connectivity index (χ3n) is 4.22. The molecule has 1 heterocycles. The summed E-state index contributed by atoms with van der Waals surface area (Å²) >= 11 is -0.709. The first-order valence-electron chi connectivity index (χ1n) is 8.43. The summed E-state index contributed by atoms with van der Waals surface area (Å²) in [5.74, 6) is -1.79. The summed E-state index contributed by atoms with van der Waals surface area (Å²) in [6.45, 7) is 0. The number of carbonyl (C=O) groups is 2. The predicted molar refractivity (Wildman–Crippen MR) is 101 cm³/mol. The monoisotopic (exact) mass is 453 g/mol. The maximum absolute atomic E-state index is 12.7. The number of amides is 1. The van der Waals surface area contributed by atoms with Crippen LogP contribution in [0.15, 0.2) is 54.6 Å². The molecule has 2 aromatic carbocycles. The van der Waals surface area contributed by atoms with Crippen LogP contribution in [0.4, 0.5) is 5.69 Å². The fourth-order valence-electron chi connectivity index (χ4n) is 2.75. The van der Waals surface area contributed by atoms with E-state index in [1.807, 2.05) is 6.07 Å². The van der Waals surface area contributed by atoms with Gasteiger partial charge >= 0.3 is 167 Å². The average Bonchev–Trinajstić information content (AvgIpc) is 2.69. The normalized spacial score (nSPS) is 27.2. The molecule has 2 aromatic rings. The summed E-state index contributed by atoms with van der Waals surface area (Å²) in [5, 5.41) is 40.9. The van der Waals surface area contributed by atoms with Gasteiger partial charge in [0.25, 0.3) is 0 Å². The maximum atomic E-state index is 12.7. The Labute approximate surface area is 166 Å². The standard InChI is InChI=1S/C19H19NO7Se/c21-13-14(22)16(18(25)26)27-19(15(13)23)28-12-9-5-4-8-11(12)17(24)20-10-6-2-1-3-7-10/h1-9,13-16,19,21-23H,(H,20,24)(H,25,26)/t13-,14-,15+,16-,19-/m0/s1. The summed E-state index contributed by atoms with van der Waals surface area (Å²) < 4.78 is 5.91. The number of aliphatic hydroxyl groups is 3. The van der Waals surface area contributed by atoms with E-state index in [1.54, 1.807) is 48.5 Å².